The predicted molar refractivity (Wildman–Crippen MR) is 94.3 cm³/mol. The summed E-state index contributed by atoms with van der Waals surface area (Å²) in [4.78, 5) is 28.6. The summed E-state index contributed by atoms with van der Waals surface area (Å²) in [6, 6.07) is -0.195. The monoisotopic (exact) mass is 389 g/mol. The largest absolute Gasteiger partial charge is 0.465 e. The van der Waals surface area contributed by atoms with Crippen LogP contribution in [0.25, 0.3) is 0 Å². The smallest absolute Gasteiger partial charge is 0.407 e. The number of nitro groups is 1. The fourth-order valence-corrected chi connectivity index (χ4v) is 3.36. The van der Waals surface area contributed by atoms with E-state index in [-0.39, 0.29) is 29.1 Å². The Labute approximate surface area is 156 Å². The fourth-order valence-electron chi connectivity index (χ4n) is 3.15. The molecule has 26 heavy (non-hydrogen) atoms. The Kier molecular flexibility index (Phi) is 6.09. The van der Waals surface area contributed by atoms with Gasteiger partial charge in [-0.15, -0.1) is 0 Å². The maximum absolute atomic E-state index is 11.5. The molecule has 146 valence electrons. The number of nitrogens with zero attached hydrogens (tertiary/aromatic N) is 5. The van der Waals surface area contributed by atoms with Crippen molar-refractivity contribution in [3.05, 3.63) is 21.6 Å². The molecule has 1 aromatic heterocycles. The summed E-state index contributed by atoms with van der Waals surface area (Å²) in [7, 11) is 0. The maximum atomic E-state index is 11.5. The van der Waals surface area contributed by atoms with Crippen LogP contribution in [0.1, 0.15) is 20.8 Å². The van der Waals surface area contributed by atoms with Crippen molar-refractivity contribution < 1.29 is 19.9 Å². The van der Waals surface area contributed by atoms with Gasteiger partial charge in [0.15, 0.2) is 0 Å². The van der Waals surface area contributed by atoms with Crippen molar-refractivity contribution >= 4 is 23.5 Å². The topological polar surface area (TPSA) is 125 Å². The SMILES string of the molecule is CC(C)(C)C1CN(CC(O)Cn2cc([N+](=O)[O-])nc2Cl)CCN1C(=O)O. The zero-order valence-corrected chi connectivity index (χ0v) is 15.8. The zero-order valence-electron chi connectivity index (χ0n) is 15.0. The number of amides is 1. The molecule has 2 N–H and O–H groups in total. The van der Waals surface area contributed by atoms with Crippen LogP contribution in [0.3, 0.4) is 0 Å². The summed E-state index contributed by atoms with van der Waals surface area (Å²) in [5.74, 6) is -0.370. The number of hydrogen-bond acceptors (Lipinski definition) is 6. The lowest BCUT2D eigenvalue weighted by atomic mass is 9.84. The Morgan fingerprint density at radius 2 is 2.12 bits per heavy atom. The van der Waals surface area contributed by atoms with Gasteiger partial charge < -0.3 is 25.2 Å². The molecule has 2 atom stereocenters. The van der Waals surface area contributed by atoms with Crippen LogP contribution in [0.5, 0.6) is 0 Å². The summed E-state index contributed by atoms with van der Waals surface area (Å²) in [6.45, 7) is 7.70. The van der Waals surface area contributed by atoms with E-state index in [0.717, 1.165) is 0 Å². The lowest BCUT2D eigenvalue weighted by Crippen LogP contribution is -2.60. The van der Waals surface area contributed by atoms with E-state index in [1.54, 1.807) is 0 Å². The minimum absolute atomic E-state index is 0.0565. The van der Waals surface area contributed by atoms with Crippen molar-refractivity contribution in [3.8, 4) is 0 Å². The highest BCUT2D eigenvalue weighted by atomic mass is 35.5. The van der Waals surface area contributed by atoms with Crippen LogP contribution >= 0.6 is 11.6 Å². The molecule has 1 aliphatic heterocycles. The number of imidazole rings is 1. The van der Waals surface area contributed by atoms with Gasteiger partial charge in [0.25, 0.3) is 0 Å². The van der Waals surface area contributed by atoms with E-state index >= 15 is 0 Å². The minimum Gasteiger partial charge on any atom is -0.465 e. The first-order valence-electron chi connectivity index (χ1n) is 8.26. The number of carbonyl (C=O) groups is 1. The molecule has 10 nitrogen and oxygen atoms in total. The molecule has 11 heteroatoms. The molecular formula is C15H24ClN5O5. The molecule has 0 bridgehead atoms. The van der Waals surface area contributed by atoms with Crippen molar-refractivity contribution in [2.24, 2.45) is 5.41 Å². The van der Waals surface area contributed by atoms with Gasteiger partial charge in [0.1, 0.15) is 6.20 Å². The minimum atomic E-state index is -0.942. The first-order chi connectivity index (χ1) is 12.0. The second-order valence-electron chi connectivity index (χ2n) is 7.55. The lowest BCUT2D eigenvalue weighted by molar-refractivity contribution is -0.389. The van der Waals surface area contributed by atoms with Crippen LogP contribution in [0.2, 0.25) is 5.28 Å². The first-order valence-corrected chi connectivity index (χ1v) is 8.64. The van der Waals surface area contributed by atoms with Gasteiger partial charge in [0.05, 0.1) is 18.7 Å². The van der Waals surface area contributed by atoms with E-state index in [9.17, 15) is 25.1 Å². The maximum Gasteiger partial charge on any atom is 0.407 e. The van der Waals surface area contributed by atoms with Crippen LogP contribution in [0, 0.1) is 15.5 Å². The Hall–Kier alpha value is -1.91. The van der Waals surface area contributed by atoms with Gasteiger partial charge >= 0.3 is 17.2 Å². The van der Waals surface area contributed by atoms with E-state index < -0.39 is 17.1 Å². The molecule has 1 fully saturated rings. The van der Waals surface area contributed by atoms with Gasteiger partial charge in [0.2, 0.25) is 0 Å². The molecule has 0 aliphatic carbocycles. The summed E-state index contributed by atoms with van der Waals surface area (Å²) in [5, 5.41) is 30.4. The van der Waals surface area contributed by atoms with Crippen molar-refractivity contribution in [1.82, 2.24) is 19.4 Å². The van der Waals surface area contributed by atoms with E-state index in [4.69, 9.17) is 11.6 Å². The third kappa shape index (κ3) is 4.83. The molecule has 0 saturated carbocycles. The summed E-state index contributed by atoms with van der Waals surface area (Å²) < 4.78 is 1.33. The molecule has 0 radical (unpaired) electrons. The number of rotatable bonds is 5. The molecule has 1 saturated heterocycles. The van der Waals surface area contributed by atoms with Crippen LogP contribution in [0.4, 0.5) is 10.6 Å². The molecule has 2 rings (SSSR count). The summed E-state index contributed by atoms with van der Waals surface area (Å²) in [6.07, 6.45) is -0.577. The molecule has 1 aromatic rings. The Morgan fingerprint density at radius 1 is 1.46 bits per heavy atom. The number of hydrogen-bond donors (Lipinski definition) is 2. The highest BCUT2D eigenvalue weighted by molar-refractivity contribution is 6.28. The van der Waals surface area contributed by atoms with Crippen molar-refractivity contribution in [2.75, 3.05) is 26.2 Å². The molecule has 0 aromatic carbocycles. The molecule has 0 spiro atoms. The number of aromatic nitrogens is 2. The van der Waals surface area contributed by atoms with Crippen molar-refractivity contribution in [2.45, 2.75) is 39.5 Å². The molecular weight excluding hydrogens is 366 g/mol. The number of aliphatic hydroxyl groups excluding tert-OH is 1. The standard InChI is InChI=1S/C15H24ClN5O5/c1-15(2,3)11-8-18(4-5-20(11)14(23)24)6-10(22)7-19-9-12(21(25)26)17-13(19)16/h9-11,22H,4-8H2,1-3H3,(H,23,24). The van der Waals surface area contributed by atoms with E-state index in [1.165, 1.54) is 15.7 Å². The lowest BCUT2D eigenvalue weighted by Gasteiger charge is -2.46. The summed E-state index contributed by atoms with van der Waals surface area (Å²) >= 11 is 5.86. The quantitative estimate of drug-likeness (QED) is 0.577. The molecule has 2 heterocycles. The number of halogens is 1. The highest BCUT2D eigenvalue weighted by Gasteiger charge is 2.38. The van der Waals surface area contributed by atoms with Gasteiger partial charge in [0, 0.05) is 26.2 Å². The van der Waals surface area contributed by atoms with E-state index in [1.807, 2.05) is 25.7 Å². The van der Waals surface area contributed by atoms with Gasteiger partial charge in [-0.3, -0.25) is 9.47 Å². The molecule has 2 unspecified atom stereocenters. The second-order valence-corrected chi connectivity index (χ2v) is 7.89. The van der Waals surface area contributed by atoms with Gasteiger partial charge in [-0.1, -0.05) is 20.8 Å². The Bertz CT molecular complexity index is 674. The Morgan fingerprint density at radius 3 is 2.62 bits per heavy atom. The second kappa shape index (κ2) is 7.77. The van der Waals surface area contributed by atoms with Gasteiger partial charge in [-0.25, -0.2) is 4.79 Å². The van der Waals surface area contributed by atoms with Gasteiger partial charge in [-0.2, -0.15) is 0 Å². The third-order valence-corrected chi connectivity index (χ3v) is 4.79. The average Bonchev–Trinajstić information content (AvgIpc) is 2.87. The van der Waals surface area contributed by atoms with E-state index in [2.05, 4.69) is 4.98 Å². The predicted octanol–water partition coefficient (Wildman–Crippen LogP) is 1.52. The Balaban J connectivity index is 2.00. The van der Waals surface area contributed by atoms with Crippen LogP contribution < -0.4 is 0 Å². The normalized spacial score (nSPS) is 20.2. The fraction of sp³-hybridized carbons (Fsp3) is 0.733. The first kappa shape index (κ1) is 20.4. The highest BCUT2D eigenvalue weighted by Crippen LogP contribution is 2.28. The van der Waals surface area contributed by atoms with Crippen LogP contribution in [-0.2, 0) is 6.54 Å². The number of piperazine rings is 1. The van der Waals surface area contributed by atoms with Crippen molar-refractivity contribution in [3.63, 3.8) is 0 Å². The number of carboxylic acid groups (broad SMARTS) is 1. The molecule has 1 aliphatic rings. The van der Waals surface area contributed by atoms with E-state index in [0.29, 0.717) is 26.2 Å². The summed E-state index contributed by atoms with van der Waals surface area (Å²) in [5.41, 5.74) is -0.240. The zero-order chi connectivity index (χ0) is 19.6. The number of β-amino-alcohol motifs (C(OH)–C–C–N with tert-alkyl or cyclic N) is 1. The van der Waals surface area contributed by atoms with Crippen molar-refractivity contribution in [1.29, 1.82) is 0 Å². The van der Waals surface area contributed by atoms with Gasteiger partial charge in [-0.05, 0) is 26.9 Å². The molecule has 1 amide bonds. The number of aliphatic hydroxyl groups is 1. The van der Waals surface area contributed by atoms with Crippen LogP contribution in [0.15, 0.2) is 6.20 Å². The third-order valence-electron chi connectivity index (χ3n) is 4.49. The van der Waals surface area contributed by atoms with Crippen LogP contribution in [-0.4, -0.2) is 78.9 Å². The average molecular weight is 390 g/mol.